The van der Waals surface area contributed by atoms with Crippen molar-refractivity contribution in [3.8, 4) is 34.4 Å². The molecule has 0 aliphatic carbocycles. The lowest BCUT2D eigenvalue weighted by molar-refractivity contribution is 1.29. The fourth-order valence-corrected chi connectivity index (χ4v) is 14.1. The van der Waals surface area contributed by atoms with Crippen LogP contribution in [0.3, 0.4) is 0 Å². The molecule has 0 N–H and O–H groups in total. The van der Waals surface area contributed by atoms with Crippen molar-refractivity contribution in [2.75, 3.05) is 9.80 Å². The minimum absolute atomic E-state index is 0.0390. The summed E-state index contributed by atoms with van der Waals surface area (Å²) in [5, 5.41) is 30.8. The number of nitriles is 2. The molecule has 4 nitrogen and oxygen atoms in total. The molecule has 7 heteroatoms. The van der Waals surface area contributed by atoms with Gasteiger partial charge in [0.2, 0.25) is 13.4 Å². The van der Waals surface area contributed by atoms with Crippen LogP contribution in [0, 0.1) is 29.6 Å². The third-order valence-electron chi connectivity index (χ3n) is 15.0. The summed E-state index contributed by atoms with van der Waals surface area (Å²) >= 11 is 0. The summed E-state index contributed by atoms with van der Waals surface area (Å²) in [6.45, 7) is 9.67. The maximum atomic E-state index is 10.8. The van der Waals surface area contributed by atoms with Crippen LogP contribution in [0.1, 0.15) is 16.7 Å². The summed E-state index contributed by atoms with van der Waals surface area (Å²) in [7, 11) is -2.06. The molecule has 0 atom stereocenters. The molecule has 0 saturated heterocycles. The second kappa shape index (κ2) is 12.7. The van der Waals surface area contributed by atoms with Crippen LogP contribution in [-0.4, -0.2) is 21.5 Å². The lowest BCUT2D eigenvalue weighted by Crippen LogP contribution is -2.60. The molecule has 0 fully saturated rings. The van der Waals surface area contributed by atoms with E-state index in [0.29, 0.717) is 11.1 Å². The molecule has 0 aromatic heterocycles. The van der Waals surface area contributed by atoms with Crippen LogP contribution in [0.15, 0.2) is 158 Å². The van der Waals surface area contributed by atoms with Crippen LogP contribution < -0.4 is 47.8 Å². The van der Waals surface area contributed by atoms with Gasteiger partial charge < -0.3 is 9.80 Å². The second-order valence-electron chi connectivity index (χ2n) is 19.5. The summed E-state index contributed by atoms with van der Waals surface area (Å²) in [6, 6.07) is 62.9. The van der Waals surface area contributed by atoms with Crippen LogP contribution in [0.25, 0.3) is 54.6 Å². The van der Waals surface area contributed by atoms with Gasteiger partial charge in [0, 0.05) is 34.1 Å². The Balaban J connectivity index is 1.17. The molecule has 4 heterocycles. The monoisotopic (exact) mass is 840 g/mol. The molecule has 65 heavy (non-hydrogen) atoms. The number of para-hydroxylation sites is 4. The summed E-state index contributed by atoms with van der Waals surface area (Å²) < 4.78 is 0. The average Bonchev–Trinajstić information content (AvgIpc) is 3.33. The van der Waals surface area contributed by atoms with Crippen molar-refractivity contribution in [3.05, 3.63) is 174 Å². The Labute approximate surface area is 379 Å². The third-order valence-corrected chi connectivity index (χ3v) is 17.0. The Kier molecular flexibility index (Phi) is 7.14. The predicted octanol–water partition coefficient (Wildman–Crippen LogP) is 9.74. The average molecular weight is 841 g/mol. The molecule has 4 aliphatic rings. The molecule has 0 bridgehead atoms. The number of nitrogens with zero attached hydrogens (tertiary/aromatic N) is 4. The molecule has 0 amide bonds. The molecule has 0 spiro atoms. The SMILES string of the molecule is Cc1cc2c3c(cc4c([Si](C)(C)C)cc5c6c(cc1c3c46)B1c3ccccc3N(c3ccccc3)c3cc(C#N)cc-5c31)B1c3ccccc3N(c3ccccc3)c3cc(C#N)cc-2c31. The summed E-state index contributed by atoms with van der Waals surface area (Å²) in [4.78, 5) is 4.75. The second-order valence-corrected chi connectivity index (χ2v) is 24.5. The first-order valence-electron chi connectivity index (χ1n) is 22.6. The van der Waals surface area contributed by atoms with E-state index in [1.54, 1.807) is 0 Å². The molecule has 10 aromatic carbocycles. The zero-order valence-electron chi connectivity index (χ0n) is 36.5. The summed E-state index contributed by atoms with van der Waals surface area (Å²) in [5.41, 5.74) is 21.6. The number of rotatable bonds is 3. The van der Waals surface area contributed by atoms with Gasteiger partial charge in [-0.15, -0.1) is 0 Å². The number of anilines is 6. The van der Waals surface area contributed by atoms with Crippen LogP contribution >= 0.6 is 0 Å². The molecule has 0 unspecified atom stereocenters. The highest BCUT2D eigenvalue weighted by molar-refractivity contribution is 7.03. The maximum Gasteiger partial charge on any atom is 0.248 e. The number of hydrogen-bond acceptors (Lipinski definition) is 4. The molecular weight excluding hydrogens is 802 g/mol. The predicted molar refractivity (Wildman–Crippen MR) is 277 cm³/mol. The lowest BCUT2D eigenvalue weighted by atomic mass is 9.31. The number of benzene rings is 10. The Morgan fingerprint density at radius 2 is 0.877 bits per heavy atom. The molecule has 14 rings (SSSR count). The molecule has 0 saturated carbocycles. The van der Waals surface area contributed by atoms with Crippen LogP contribution in [0.2, 0.25) is 19.6 Å². The van der Waals surface area contributed by atoms with E-state index in [9.17, 15) is 10.5 Å². The normalized spacial score (nSPS) is 13.7. The first kappa shape index (κ1) is 36.6. The highest BCUT2D eigenvalue weighted by Crippen LogP contribution is 2.49. The van der Waals surface area contributed by atoms with Crippen LogP contribution in [0.5, 0.6) is 0 Å². The Morgan fingerprint density at radius 1 is 0.431 bits per heavy atom. The zero-order chi connectivity index (χ0) is 43.6. The van der Waals surface area contributed by atoms with E-state index in [0.717, 1.165) is 45.3 Å². The van der Waals surface area contributed by atoms with Crippen molar-refractivity contribution in [2.24, 2.45) is 0 Å². The number of hydrogen-bond donors (Lipinski definition) is 0. The van der Waals surface area contributed by atoms with Gasteiger partial charge in [0.05, 0.1) is 31.3 Å². The summed E-state index contributed by atoms with van der Waals surface area (Å²) in [6.07, 6.45) is 0. The topological polar surface area (TPSA) is 54.1 Å². The van der Waals surface area contributed by atoms with Crippen molar-refractivity contribution < 1.29 is 0 Å². The van der Waals surface area contributed by atoms with E-state index < -0.39 is 8.07 Å². The molecule has 4 aliphatic heterocycles. The smallest absolute Gasteiger partial charge is 0.248 e. The minimum atomic E-state index is -2.06. The molecule has 0 radical (unpaired) electrons. The van der Waals surface area contributed by atoms with Crippen molar-refractivity contribution >= 4 is 126 Å². The zero-order valence-corrected chi connectivity index (χ0v) is 37.5. The van der Waals surface area contributed by atoms with Crippen molar-refractivity contribution in [1.82, 2.24) is 0 Å². The van der Waals surface area contributed by atoms with E-state index in [1.165, 1.54) is 87.0 Å². The van der Waals surface area contributed by atoms with Gasteiger partial charge in [0.25, 0.3) is 0 Å². The number of aryl methyl sites for hydroxylation is 1. The van der Waals surface area contributed by atoms with Crippen LogP contribution in [0.4, 0.5) is 34.1 Å². The van der Waals surface area contributed by atoms with Gasteiger partial charge in [-0.2, -0.15) is 10.5 Å². The minimum Gasteiger partial charge on any atom is -0.311 e. The Hall–Kier alpha value is -7.83. The van der Waals surface area contributed by atoms with E-state index in [2.05, 4.69) is 206 Å². The summed E-state index contributed by atoms with van der Waals surface area (Å²) in [5.74, 6) is 0. The van der Waals surface area contributed by atoms with E-state index in [-0.39, 0.29) is 13.4 Å². The third kappa shape index (κ3) is 4.65. The van der Waals surface area contributed by atoms with Gasteiger partial charge >= 0.3 is 0 Å². The molecule has 300 valence electrons. The van der Waals surface area contributed by atoms with Gasteiger partial charge in [-0.3, -0.25) is 0 Å². The van der Waals surface area contributed by atoms with Crippen LogP contribution in [-0.2, 0) is 0 Å². The van der Waals surface area contributed by atoms with Gasteiger partial charge in [-0.25, -0.2) is 0 Å². The van der Waals surface area contributed by atoms with Gasteiger partial charge in [-0.1, -0.05) is 133 Å². The van der Waals surface area contributed by atoms with E-state index in [1.807, 2.05) is 0 Å². The molecule has 10 aromatic rings. The van der Waals surface area contributed by atoms with E-state index >= 15 is 0 Å². The van der Waals surface area contributed by atoms with Gasteiger partial charge in [0.1, 0.15) is 0 Å². The Morgan fingerprint density at radius 3 is 1.37 bits per heavy atom. The Bertz CT molecular complexity index is 3880. The lowest BCUT2D eigenvalue weighted by Gasteiger charge is -2.42. The number of fused-ring (bicyclic) bond motifs is 8. The molecular formula is C58H38B2N4Si. The quantitative estimate of drug-likeness (QED) is 0.131. The largest absolute Gasteiger partial charge is 0.311 e. The highest BCUT2D eigenvalue weighted by atomic mass is 28.3. The highest BCUT2D eigenvalue weighted by Gasteiger charge is 2.46. The van der Waals surface area contributed by atoms with E-state index in [4.69, 9.17) is 0 Å². The maximum absolute atomic E-state index is 10.8. The standard InChI is InChI=1S/C58H38B2N4Si/c1-33-23-39-41-24-34(31-61)26-50-57(41)60(45-20-12-14-22-49(45)63(50)36-15-7-5-8-16-36)47-29-43-52(65(2,3)4)30-40-42-25-35(32-62)27-51-58(42)59(46-28-38(33)55(53(39)47)56(43)54(40)46)44-19-11-13-21-48(44)64(51)37-17-9-6-10-18-37/h5-30H,1-4H3. The van der Waals surface area contributed by atoms with Crippen molar-refractivity contribution in [3.63, 3.8) is 0 Å². The fraction of sp³-hybridized carbons (Fsp3) is 0.0690. The van der Waals surface area contributed by atoms with Crippen molar-refractivity contribution in [2.45, 2.75) is 26.6 Å². The fourth-order valence-electron chi connectivity index (χ4n) is 12.6. The van der Waals surface area contributed by atoms with Crippen molar-refractivity contribution in [1.29, 1.82) is 10.5 Å². The van der Waals surface area contributed by atoms with Gasteiger partial charge in [-0.05, 0) is 150 Å². The first-order valence-corrected chi connectivity index (χ1v) is 26.1. The first-order chi connectivity index (χ1) is 31.7. The van der Waals surface area contributed by atoms with Gasteiger partial charge in [0.15, 0.2) is 0 Å².